The molecular formula is C16H12ClN5. The van der Waals surface area contributed by atoms with Crippen molar-refractivity contribution < 1.29 is 0 Å². The van der Waals surface area contributed by atoms with Crippen LogP contribution < -0.4 is 0 Å². The summed E-state index contributed by atoms with van der Waals surface area (Å²) in [5, 5.41) is 5.71. The Morgan fingerprint density at radius 1 is 1.05 bits per heavy atom. The maximum Gasteiger partial charge on any atom is 0.150 e. The molecule has 0 fully saturated rings. The summed E-state index contributed by atoms with van der Waals surface area (Å²) in [7, 11) is 1.89. The number of hydrogen-bond donors (Lipinski definition) is 0. The van der Waals surface area contributed by atoms with Gasteiger partial charge in [0.05, 0.1) is 11.1 Å². The average molecular weight is 310 g/mol. The first kappa shape index (κ1) is 13.0. The minimum atomic E-state index is 0.431. The van der Waals surface area contributed by atoms with Gasteiger partial charge < -0.3 is 4.57 Å². The Morgan fingerprint density at radius 3 is 2.59 bits per heavy atom. The molecule has 0 N–H and O–H groups in total. The lowest BCUT2D eigenvalue weighted by Gasteiger charge is -2.03. The Hall–Kier alpha value is -2.66. The number of aromatic nitrogens is 5. The van der Waals surface area contributed by atoms with E-state index in [9.17, 15) is 0 Å². The number of aryl methyl sites for hydroxylation is 1. The molecule has 0 saturated heterocycles. The number of halogens is 1. The second-order valence-electron chi connectivity index (χ2n) is 4.99. The highest BCUT2D eigenvalue weighted by Crippen LogP contribution is 2.33. The molecule has 0 aliphatic rings. The molecule has 0 amide bonds. The lowest BCUT2D eigenvalue weighted by molar-refractivity contribution is 0.771. The summed E-state index contributed by atoms with van der Waals surface area (Å²) in [5.41, 5.74) is 3.56. The van der Waals surface area contributed by atoms with Crippen molar-refractivity contribution in [2.45, 2.75) is 0 Å². The molecule has 0 saturated carbocycles. The van der Waals surface area contributed by atoms with Gasteiger partial charge in [-0.25, -0.2) is 9.97 Å². The lowest BCUT2D eigenvalue weighted by atomic mass is 10.2. The SMILES string of the molecule is Cn1ccc(-c2cn(-c3ccccc3)c3ncnc(Cl)c23)n1. The van der Waals surface area contributed by atoms with Crippen molar-refractivity contribution in [1.82, 2.24) is 24.3 Å². The first-order chi connectivity index (χ1) is 10.7. The van der Waals surface area contributed by atoms with Crippen LogP contribution in [0.2, 0.25) is 5.15 Å². The zero-order chi connectivity index (χ0) is 15.1. The fourth-order valence-electron chi connectivity index (χ4n) is 2.56. The molecule has 0 spiro atoms. The van der Waals surface area contributed by atoms with Gasteiger partial charge in [-0.1, -0.05) is 29.8 Å². The molecule has 0 aliphatic carbocycles. The molecule has 5 nitrogen and oxygen atoms in total. The number of para-hydroxylation sites is 1. The fourth-order valence-corrected chi connectivity index (χ4v) is 2.79. The van der Waals surface area contributed by atoms with Crippen LogP contribution in [0.1, 0.15) is 0 Å². The van der Waals surface area contributed by atoms with Crippen LogP contribution in [-0.4, -0.2) is 24.3 Å². The van der Waals surface area contributed by atoms with E-state index in [1.165, 1.54) is 6.33 Å². The number of fused-ring (bicyclic) bond motifs is 1. The Bertz CT molecular complexity index is 955. The summed E-state index contributed by atoms with van der Waals surface area (Å²) in [6, 6.07) is 12.0. The van der Waals surface area contributed by atoms with Crippen LogP contribution >= 0.6 is 11.6 Å². The topological polar surface area (TPSA) is 48.5 Å². The smallest absolute Gasteiger partial charge is 0.150 e. The summed E-state index contributed by atoms with van der Waals surface area (Å²) in [6.45, 7) is 0. The molecule has 0 atom stereocenters. The minimum Gasteiger partial charge on any atom is -0.300 e. The molecule has 108 valence electrons. The van der Waals surface area contributed by atoms with Crippen LogP contribution in [0.5, 0.6) is 0 Å². The van der Waals surface area contributed by atoms with E-state index in [2.05, 4.69) is 15.1 Å². The number of benzene rings is 1. The van der Waals surface area contributed by atoms with Crippen LogP contribution in [0.3, 0.4) is 0 Å². The van der Waals surface area contributed by atoms with Crippen molar-refractivity contribution in [1.29, 1.82) is 0 Å². The second kappa shape index (κ2) is 4.96. The van der Waals surface area contributed by atoms with Gasteiger partial charge >= 0.3 is 0 Å². The quantitative estimate of drug-likeness (QED) is 0.533. The Balaban J connectivity index is 2.06. The van der Waals surface area contributed by atoms with Crippen LogP contribution in [0.4, 0.5) is 0 Å². The van der Waals surface area contributed by atoms with Gasteiger partial charge in [0.2, 0.25) is 0 Å². The van der Waals surface area contributed by atoms with Gasteiger partial charge in [-0.05, 0) is 18.2 Å². The third kappa shape index (κ3) is 1.98. The molecule has 4 rings (SSSR count). The summed E-state index contributed by atoms with van der Waals surface area (Å²) in [6.07, 6.45) is 5.38. The molecule has 22 heavy (non-hydrogen) atoms. The highest BCUT2D eigenvalue weighted by molar-refractivity contribution is 6.35. The van der Waals surface area contributed by atoms with Crippen molar-refractivity contribution in [2.24, 2.45) is 7.05 Å². The molecule has 3 heterocycles. The Morgan fingerprint density at radius 2 is 1.86 bits per heavy atom. The van der Waals surface area contributed by atoms with Crippen LogP contribution in [0.15, 0.2) is 55.1 Å². The van der Waals surface area contributed by atoms with E-state index in [0.29, 0.717) is 5.15 Å². The van der Waals surface area contributed by atoms with Gasteiger partial charge in [0.1, 0.15) is 17.1 Å². The van der Waals surface area contributed by atoms with E-state index in [1.54, 1.807) is 4.68 Å². The molecule has 0 radical (unpaired) electrons. The van der Waals surface area contributed by atoms with Gasteiger partial charge in [0.15, 0.2) is 0 Å². The van der Waals surface area contributed by atoms with Crippen LogP contribution in [-0.2, 0) is 7.05 Å². The van der Waals surface area contributed by atoms with Crippen molar-refractivity contribution in [2.75, 3.05) is 0 Å². The highest BCUT2D eigenvalue weighted by atomic mass is 35.5. The van der Waals surface area contributed by atoms with Gasteiger partial charge in [0, 0.05) is 30.7 Å². The Labute approximate surface area is 131 Å². The lowest BCUT2D eigenvalue weighted by Crippen LogP contribution is -1.93. The van der Waals surface area contributed by atoms with Crippen molar-refractivity contribution in [3.8, 4) is 16.9 Å². The van der Waals surface area contributed by atoms with E-state index in [1.807, 2.05) is 60.4 Å². The van der Waals surface area contributed by atoms with E-state index in [4.69, 9.17) is 11.6 Å². The fraction of sp³-hybridized carbons (Fsp3) is 0.0625. The molecule has 0 bridgehead atoms. The summed E-state index contributed by atoms with van der Waals surface area (Å²) < 4.78 is 3.77. The summed E-state index contributed by atoms with van der Waals surface area (Å²) in [4.78, 5) is 8.52. The zero-order valence-corrected chi connectivity index (χ0v) is 12.6. The van der Waals surface area contributed by atoms with E-state index in [-0.39, 0.29) is 0 Å². The first-order valence-corrected chi connectivity index (χ1v) is 7.19. The van der Waals surface area contributed by atoms with Gasteiger partial charge in [-0.2, -0.15) is 5.10 Å². The Kier molecular flexibility index (Phi) is 2.94. The third-order valence-electron chi connectivity index (χ3n) is 3.56. The largest absolute Gasteiger partial charge is 0.300 e. The minimum absolute atomic E-state index is 0.431. The molecule has 0 unspecified atom stereocenters. The van der Waals surface area contributed by atoms with Gasteiger partial charge in [-0.3, -0.25) is 4.68 Å². The van der Waals surface area contributed by atoms with Gasteiger partial charge in [0.25, 0.3) is 0 Å². The van der Waals surface area contributed by atoms with Gasteiger partial charge in [-0.15, -0.1) is 0 Å². The molecule has 0 aliphatic heterocycles. The monoisotopic (exact) mass is 309 g/mol. The summed E-state index contributed by atoms with van der Waals surface area (Å²) >= 11 is 6.32. The van der Waals surface area contributed by atoms with Crippen LogP contribution in [0, 0.1) is 0 Å². The predicted octanol–water partition coefficient (Wildman–Crippen LogP) is 3.47. The molecular weight excluding hydrogens is 298 g/mol. The van der Waals surface area contributed by atoms with Crippen molar-refractivity contribution in [3.63, 3.8) is 0 Å². The summed E-state index contributed by atoms with van der Waals surface area (Å²) in [5.74, 6) is 0. The van der Waals surface area contributed by atoms with E-state index in [0.717, 1.165) is 28.0 Å². The normalized spacial score (nSPS) is 11.2. The molecule has 3 aromatic heterocycles. The van der Waals surface area contributed by atoms with Crippen molar-refractivity contribution in [3.05, 3.63) is 60.3 Å². The number of hydrogen-bond acceptors (Lipinski definition) is 3. The molecule has 4 aromatic rings. The molecule has 1 aromatic carbocycles. The maximum absolute atomic E-state index is 6.32. The second-order valence-corrected chi connectivity index (χ2v) is 5.34. The van der Waals surface area contributed by atoms with Crippen molar-refractivity contribution >= 4 is 22.6 Å². The number of rotatable bonds is 2. The first-order valence-electron chi connectivity index (χ1n) is 6.81. The van der Waals surface area contributed by atoms with E-state index < -0.39 is 0 Å². The zero-order valence-electron chi connectivity index (χ0n) is 11.8. The van der Waals surface area contributed by atoms with Crippen LogP contribution in [0.25, 0.3) is 28.0 Å². The third-order valence-corrected chi connectivity index (χ3v) is 3.85. The number of nitrogens with zero attached hydrogens (tertiary/aromatic N) is 5. The average Bonchev–Trinajstić information content (AvgIpc) is 3.13. The standard InChI is InChI=1S/C16H12ClN5/c1-21-8-7-13(20-21)12-9-22(11-5-3-2-4-6-11)16-14(12)15(17)18-10-19-16/h2-10H,1H3. The van der Waals surface area contributed by atoms with E-state index >= 15 is 0 Å². The molecule has 6 heteroatoms. The highest BCUT2D eigenvalue weighted by Gasteiger charge is 2.17. The maximum atomic E-state index is 6.32. The predicted molar refractivity (Wildman–Crippen MR) is 86.1 cm³/mol.